The summed E-state index contributed by atoms with van der Waals surface area (Å²) in [5.74, 6) is -0.435. The van der Waals surface area contributed by atoms with E-state index in [1.807, 2.05) is 13.8 Å². The molecule has 0 radical (unpaired) electrons. The SMILES string of the molecule is CCCC(C)(Nc1cc(C)ccc1[N+](=O)[O-])C(=O)OC. The molecule has 1 aromatic carbocycles. The third-order valence-corrected chi connectivity index (χ3v) is 3.15. The number of carbonyl (C=O) groups is 1. The molecule has 1 atom stereocenters. The van der Waals surface area contributed by atoms with Crippen molar-refractivity contribution in [3.8, 4) is 0 Å². The normalized spacial score (nSPS) is 13.4. The highest BCUT2D eigenvalue weighted by Crippen LogP contribution is 2.30. The molecule has 1 rings (SSSR count). The number of ether oxygens (including phenoxy) is 1. The minimum absolute atomic E-state index is 0.0539. The molecule has 0 spiro atoms. The minimum Gasteiger partial charge on any atom is -0.467 e. The van der Waals surface area contributed by atoms with Crippen LogP contribution < -0.4 is 5.32 Å². The van der Waals surface area contributed by atoms with Crippen LogP contribution in [0.1, 0.15) is 32.3 Å². The number of nitro benzene ring substituents is 1. The second kappa shape index (κ2) is 6.36. The van der Waals surface area contributed by atoms with Gasteiger partial charge in [0.05, 0.1) is 12.0 Å². The molecule has 1 N–H and O–H groups in total. The number of rotatable bonds is 6. The molecule has 1 unspecified atom stereocenters. The summed E-state index contributed by atoms with van der Waals surface area (Å²) in [6.45, 7) is 5.46. The van der Waals surface area contributed by atoms with E-state index in [1.54, 1.807) is 19.1 Å². The molecule has 20 heavy (non-hydrogen) atoms. The van der Waals surface area contributed by atoms with Crippen molar-refractivity contribution in [2.24, 2.45) is 0 Å². The van der Waals surface area contributed by atoms with Crippen LogP contribution in [0, 0.1) is 17.0 Å². The summed E-state index contributed by atoms with van der Waals surface area (Å²) in [5, 5.41) is 14.0. The zero-order valence-electron chi connectivity index (χ0n) is 12.2. The van der Waals surface area contributed by atoms with Crippen LogP contribution in [0.4, 0.5) is 11.4 Å². The van der Waals surface area contributed by atoms with Gasteiger partial charge in [-0.3, -0.25) is 10.1 Å². The number of benzene rings is 1. The zero-order chi connectivity index (χ0) is 15.3. The number of esters is 1. The first-order valence-corrected chi connectivity index (χ1v) is 6.45. The lowest BCUT2D eigenvalue weighted by Crippen LogP contribution is -2.44. The van der Waals surface area contributed by atoms with E-state index in [2.05, 4.69) is 5.32 Å². The second-order valence-electron chi connectivity index (χ2n) is 4.98. The standard InChI is InChI=1S/C14H20N2O4/c1-5-8-14(3,13(17)20-4)15-11-9-10(2)6-7-12(11)16(18)19/h6-7,9,15H,5,8H2,1-4H3. The summed E-state index contributed by atoms with van der Waals surface area (Å²) in [4.78, 5) is 22.5. The molecule has 0 aliphatic rings. The van der Waals surface area contributed by atoms with Crippen molar-refractivity contribution in [1.82, 2.24) is 0 Å². The van der Waals surface area contributed by atoms with Crippen molar-refractivity contribution in [3.05, 3.63) is 33.9 Å². The Morgan fingerprint density at radius 1 is 1.50 bits per heavy atom. The molecule has 0 aliphatic heterocycles. The van der Waals surface area contributed by atoms with Crippen LogP contribution >= 0.6 is 0 Å². The van der Waals surface area contributed by atoms with E-state index < -0.39 is 16.4 Å². The smallest absolute Gasteiger partial charge is 0.331 e. The lowest BCUT2D eigenvalue weighted by Gasteiger charge is -2.28. The first kappa shape index (κ1) is 15.9. The zero-order valence-corrected chi connectivity index (χ0v) is 12.2. The highest BCUT2D eigenvalue weighted by Gasteiger charge is 2.35. The maximum atomic E-state index is 11.9. The van der Waals surface area contributed by atoms with Crippen LogP contribution in [-0.2, 0) is 9.53 Å². The summed E-state index contributed by atoms with van der Waals surface area (Å²) in [7, 11) is 1.31. The second-order valence-corrected chi connectivity index (χ2v) is 4.98. The van der Waals surface area contributed by atoms with Gasteiger partial charge in [-0.1, -0.05) is 19.4 Å². The van der Waals surface area contributed by atoms with Gasteiger partial charge in [-0.25, -0.2) is 4.79 Å². The number of aryl methyl sites for hydroxylation is 1. The fourth-order valence-electron chi connectivity index (χ4n) is 2.15. The predicted octanol–water partition coefficient (Wildman–Crippen LogP) is 3.05. The highest BCUT2D eigenvalue weighted by molar-refractivity contribution is 5.85. The summed E-state index contributed by atoms with van der Waals surface area (Å²) in [6.07, 6.45) is 1.27. The number of hydrogen-bond donors (Lipinski definition) is 1. The highest BCUT2D eigenvalue weighted by atomic mass is 16.6. The van der Waals surface area contributed by atoms with Crippen molar-refractivity contribution >= 4 is 17.3 Å². The van der Waals surface area contributed by atoms with Crippen LogP contribution in [0.5, 0.6) is 0 Å². The van der Waals surface area contributed by atoms with Crippen molar-refractivity contribution < 1.29 is 14.5 Å². The Labute approximate surface area is 118 Å². The molecule has 6 nitrogen and oxygen atoms in total. The number of nitrogens with zero attached hydrogens (tertiary/aromatic N) is 1. The number of methoxy groups -OCH3 is 1. The van der Waals surface area contributed by atoms with Crippen LogP contribution in [-0.4, -0.2) is 23.5 Å². The largest absolute Gasteiger partial charge is 0.467 e. The van der Waals surface area contributed by atoms with Gasteiger partial charge in [-0.05, 0) is 31.9 Å². The van der Waals surface area contributed by atoms with E-state index >= 15 is 0 Å². The van der Waals surface area contributed by atoms with Crippen LogP contribution in [0.15, 0.2) is 18.2 Å². The molecule has 110 valence electrons. The van der Waals surface area contributed by atoms with Crippen LogP contribution in [0.3, 0.4) is 0 Å². The molecule has 6 heteroatoms. The number of carbonyl (C=O) groups excluding carboxylic acids is 1. The Hall–Kier alpha value is -2.11. The summed E-state index contributed by atoms with van der Waals surface area (Å²) < 4.78 is 4.80. The topological polar surface area (TPSA) is 81.5 Å². The molecular weight excluding hydrogens is 260 g/mol. The van der Waals surface area contributed by atoms with Gasteiger partial charge in [-0.15, -0.1) is 0 Å². The van der Waals surface area contributed by atoms with Gasteiger partial charge in [-0.2, -0.15) is 0 Å². The molecular formula is C14H20N2O4. The van der Waals surface area contributed by atoms with Crippen molar-refractivity contribution in [2.45, 2.75) is 39.2 Å². The lowest BCUT2D eigenvalue weighted by atomic mass is 9.95. The number of nitrogens with one attached hydrogen (secondary N) is 1. The average Bonchev–Trinajstić information content (AvgIpc) is 2.37. The van der Waals surface area contributed by atoms with E-state index in [-0.39, 0.29) is 5.69 Å². The summed E-state index contributed by atoms with van der Waals surface area (Å²) >= 11 is 0. The quantitative estimate of drug-likeness (QED) is 0.492. The summed E-state index contributed by atoms with van der Waals surface area (Å²) in [6, 6.07) is 4.76. The maximum absolute atomic E-state index is 11.9. The van der Waals surface area contributed by atoms with E-state index in [4.69, 9.17) is 4.74 Å². The van der Waals surface area contributed by atoms with Gasteiger partial charge in [0.25, 0.3) is 5.69 Å². The molecule has 0 aliphatic carbocycles. The molecule has 1 aromatic rings. The van der Waals surface area contributed by atoms with Crippen LogP contribution in [0.25, 0.3) is 0 Å². The van der Waals surface area contributed by atoms with Gasteiger partial charge >= 0.3 is 5.97 Å². The van der Waals surface area contributed by atoms with Gasteiger partial charge in [0.1, 0.15) is 11.2 Å². The number of nitro groups is 1. The average molecular weight is 280 g/mol. The molecule has 0 saturated carbocycles. The lowest BCUT2D eigenvalue weighted by molar-refractivity contribution is -0.384. The Bertz CT molecular complexity index is 516. The van der Waals surface area contributed by atoms with E-state index in [0.29, 0.717) is 12.1 Å². The molecule has 0 saturated heterocycles. The van der Waals surface area contributed by atoms with Crippen LogP contribution in [0.2, 0.25) is 0 Å². The van der Waals surface area contributed by atoms with E-state index in [0.717, 1.165) is 12.0 Å². The number of anilines is 1. The molecule has 0 heterocycles. The third kappa shape index (κ3) is 3.46. The third-order valence-electron chi connectivity index (χ3n) is 3.15. The number of hydrogen-bond acceptors (Lipinski definition) is 5. The Balaban J connectivity index is 3.20. The van der Waals surface area contributed by atoms with Gasteiger partial charge in [0.15, 0.2) is 0 Å². The predicted molar refractivity (Wildman–Crippen MR) is 76.8 cm³/mol. The maximum Gasteiger partial charge on any atom is 0.331 e. The first-order chi connectivity index (χ1) is 9.34. The fourth-order valence-corrected chi connectivity index (χ4v) is 2.15. The monoisotopic (exact) mass is 280 g/mol. The molecule has 0 amide bonds. The first-order valence-electron chi connectivity index (χ1n) is 6.45. The van der Waals surface area contributed by atoms with Crippen molar-refractivity contribution in [1.29, 1.82) is 0 Å². The van der Waals surface area contributed by atoms with Gasteiger partial charge < -0.3 is 10.1 Å². The Morgan fingerprint density at radius 2 is 2.15 bits per heavy atom. The van der Waals surface area contributed by atoms with Gasteiger partial charge in [0.2, 0.25) is 0 Å². The Kier molecular flexibility index (Phi) is 5.07. The van der Waals surface area contributed by atoms with Crippen molar-refractivity contribution in [2.75, 3.05) is 12.4 Å². The van der Waals surface area contributed by atoms with E-state index in [9.17, 15) is 14.9 Å². The minimum atomic E-state index is -0.984. The van der Waals surface area contributed by atoms with Crippen molar-refractivity contribution in [3.63, 3.8) is 0 Å². The molecule has 0 fully saturated rings. The van der Waals surface area contributed by atoms with Gasteiger partial charge in [0, 0.05) is 6.07 Å². The van der Waals surface area contributed by atoms with E-state index in [1.165, 1.54) is 13.2 Å². The Morgan fingerprint density at radius 3 is 2.65 bits per heavy atom. The summed E-state index contributed by atoms with van der Waals surface area (Å²) in [5.41, 5.74) is 0.169. The molecule has 0 aromatic heterocycles. The fraction of sp³-hybridized carbons (Fsp3) is 0.500. The molecule has 0 bridgehead atoms.